The molecule has 0 aliphatic rings. The first-order valence-electron chi connectivity index (χ1n) is 6.34. The molecular formula is C13H22N2O4S2. The smallest absolute Gasteiger partial charge is 0.240 e. The number of benzene rings is 1. The number of sulfone groups is 1. The summed E-state index contributed by atoms with van der Waals surface area (Å²) in [6.07, 6.45) is 1.08. The highest BCUT2D eigenvalue weighted by molar-refractivity contribution is 7.92. The van der Waals surface area contributed by atoms with Crippen LogP contribution in [0.15, 0.2) is 17.0 Å². The number of aryl methyl sites for hydroxylation is 1. The van der Waals surface area contributed by atoms with Gasteiger partial charge < -0.3 is 5.73 Å². The standard InChI is InChI=1S/C13H22N2O4S2/c1-9-6-11(14)10(2)12(7-9)21(18,19)15-8-13(3,4)20(5,16)17/h6-7,15H,8,14H2,1-5H3. The van der Waals surface area contributed by atoms with Crippen molar-refractivity contribution < 1.29 is 16.8 Å². The Kier molecular flexibility index (Phi) is 4.77. The number of nitrogen functional groups attached to an aromatic ring is 1. The third-order valence-electron chi connectivity index (χ3n) is 3.53. The highest BCUT2D eigenvalue weighted by Gasteiger charge is 2.32. The molecule has 0 saturated carbocycles. The SMILES string of the molecule is Cc1cc(N)c(C)c(S(=O)(=O)NCC(C)(C)S(C)(=O)=O)c1. The summed E-state index contributed by atoms with van der Waals surface area (Å²) in [6.45, 7) is 6.10. The zero-order chi connectivity index (χ0) is 16.6. The molecule has 0 bridgehead atoms. The van der Waals surface area contributed by atoms with E-state index in [-0.39, 0.29) is 11.4 Å². The second-order valence-electron chi connectivity index (χ2n) is 5.83. The second kappa shape index (κ2) is 5.58. The molecule has 0 amide bonds. The van der Waals surface area contributed by atoms with E-state index in [0.717, 1.165) is 11.8 Å². The Morgan fingerprint density at radius 3 is 2.14 bits per heavy atom. The first kappa shape index (κ1) is 17.9. The number of nitrogens with one attached hydrogen (secondary N) is 1. The van der Waals surface area contributed by atoms with Crippen LogP contribution in [0.4, 0.5) is 5.69 Å². The van der Waals surface area contributed by atoms with Crippen LogP contribution < -0.4 is 10.5 Å². The first-order chi connectivity index (χ1) is 9.28. The lowest BCUT2D eigenvalue weighted by atomic mass is 10.1. The average molecular weight is 334 g/mol. The van der Waals surface area contributed by atoms with Crippen LogP contribution in [0.25, 0.3) is 0 Å². The Bertz CT molecular complexity index is 751. The summed E-state index contributed by atoms with van der Waals surface area (Å²) in [5.41, 5.74) is 7.34. The molecule has 0 aliphatic heterocycles. The molecule has 21 heavy (non-hydrogen) atoms. The molecule has 8 heteroatoms. The monoisotopic (exact) mass is 334 g/mol. The van der Waals surface area contributed by atoms with E-state index in [1.54, 1.807) is 19.9 Å². The van der Waals surface area contributed by atoms with Gasteiger partial charge in [-0.3, -0.25) is 0 Å². The summed E-state index contributed by atoms with van der Waals surface area (Å²) in [6, 6.07) is 3.20. The van der Waals surface area contributed by atoms with Crippen molar-refractivity contribution in [3.63, 3.8) is 0 Å². The molecule has 3 N–H and O–H groups in total. The van der Waals surface area contributed by atoms with Gasteiger partial charge in [-0.15, -0.1) is 0 Å². The lowest BCUT2D eigenvalue weighted by Crippen LogP contribution is -2.43. The van der Waals surface area contributed by atoms with Crippen LogP contribution in [0, 0.1) is 13.8 Å². The van der Waals surface area contributed by atoms with Crippen LogP contribution in [0.2, 0.25) is 0 Å². The van der Waals surface area contributed by atoms with Crippen LogP contribution in [0.1, 0.15) is 25.0 Å². The fourth-order valence-electron chi connectivity index (χ4n) is 1.61. The minimum Gasteiger partial charge on any atom is -0.398 e. The molecule has 0 aliphatic carbocycles. The van der Waals surface area contributed by atoms with Crippen molar-refractivity contribution in [2.24, 2.45) is 0 Å². The quantitative estimate of drug-likeness (QED) is 0.781. The predicted octanol–water partition coefficient (Wildman–Crippen LogP) is 0.987. The summed E-state index contributed by atoms with van der Waals surface area (Å²) < 4.78 is 49.2. The van der Waals surface area contributed by atoms with E-state index in [9.17, 15) is 16.8 Å². The van der Waals surface area contributed by atoms with Gasteiger partial charge in [0.05, 0.1) is 9.64 Å². The molecule has 1 rings (SSSR count). The van der Waals surface area contributed by atoms with Crippen LogP contribution in [-0.2, 0) is 19.9 Å². The lowest BCUT2D eigenvalue weighted by molar-refractivity contribution is 0.537. The van der Waals surface area contributed by atoms with E-state index in [4.69, 9.17) is 5.73 Å². The van der Waals surface area contributed by atoms with Gasteiger partial charge in [-0.25, -0.2) is 21.6 Å². The molecule has 0 fully saturated rings. The summed E-state index contributed by atoms with van der Waals surface area (Å²) >= 11 is 0. The molecule has 0 aromatic heterocycles. The summed E-state index contributed by atoms with van der Waals surface area (Å²) in [5, 5.41) is 0. The van der Waals surface area contributed by atoms with E-state index in [2.05, 4.69) is 4.72 Å². The van der Waals surface area contributed by atoms with Crippen molar-refractivity contribution in [2.75, 3.05) is 18.5 Å². The van der Waals surface area contributed by atoms with Gasteiger partial charge in [-0.1, -0.05) is 0 Å². The highest BCUT2D eigenvalue weighted by atomic mass is 32.2. The Balaban J connectivity index is 3.15. The third-order valence-corrected chi connectivity index (χ3v) is 7.21. The predicted molar refractivity (Wildman–Crippen MR) is 84.4 cm³/mol. The Morgan fingerprint density at radius 1 is 1.14 bits per heavy atom. The van der Waals surface area contributed by atoms with Crippen molar-refractivity contribution in [2.45, 2.75) is 37.3 Å². The molecule has 0 radical (unpaired) electrons. The molecule has 0 atom stereocenters. The molecule has 120 valence electrons. The van der Waals surface area contributed by atoms with Crippen LogP contribution >= 0.6 is 0 Å². The summed E-state index contributed by atoms with van der Waals surface area (Å²) in [4.78, 5) is 0.0734. The van der Waals surface area contributed by atoms with Gasteiger partial charge in [0, 0.05) is 18.5 Å². The molecule has 6 nitrogen and oxygen atoms in total. The van der Waals surface area contributed by atoms with Gasteiger partial charge in [-0.05, 0) is 51.0 Å². The minimum absolute atomic E-state index is 0.0734. The maximum atomic E-state index is 12.4. The topological polar surface area (TPSA) is 106 Å². The molecule has 1 aromatic rings. The fourth-order valence-corrected chi connectivity index (χ4v) is 3.60. The Morgan fingerprint density at radius 2 is 1.67 bits per heavy atom. The van der Waals surface area contributed by atoms with Crippen LogP contribution in [0.5, 0.6) is 0 Å². The highest BCUT2D eigenvalue weighted by Crippen LogP contribution is 2.23. The number of rotatable bonds is 5. The molecule has 0 heterocycles. The molecular weight excluding hydrogens is 312 g/mol. The number of hydrogen-bond acceptors (Lipinski definition) is 5. The van der Waals surface area contributed by atoms with Crippen molar-refractivity contribution >= 4 is 25.5 Å². The van der Waals surface area contributed by atoms with Gasteiger partial charge in [0.2, 0.25) is 10.0 Å². The molecule has 0 spiro atoms. The van der Waals surface area contributed by atoms with Gasteiger partial charge in [0.1, 0.15) is 0 Å². The zero-order valence-electron chi connectivity index (χ0n) is 12.9. The van der Waals surface area contributed by atoms with Crippen LogP contribution in [-0.4, -0.2) is 34.4 Å². The fraction of sp³-hybridized carbons (Fsp3) is 0.538. The van der Waals surface area contributed by atoms with E-state index < -0.39 is 24.6 Å². The first-order valence-corrected chi connectivity index (χ1v) is 9.71. The van der Waals surface area contributed by atoms with Crippen molar-refractivity contribution in [1.82, 2.24) is 4.72 Å². The maximum Gasteiger partial charge on any atom is 0.240 e. The van der Waals surface area contributed by atoms with Crippen LogP contribution in [0.3, 0.4) is 0 Å². The number of anilines is 1. The van der Waals surface area contributed by atoms with E-state index in [1.165, 1.54) is 19.9 Å². The maximum absolute atomic E-state index is 12.4. The van der Waals surface area contributed by atoms with Gasteiger partial charge in [0.15, 0.2) is 9.84 Å². The van der Waals surface area contributed by atoms with Gasteiger partial charge >= 0.3 is 0 Å². The summed E-state index contributed by atoms with van der Waals surface area (Å²) in [7, 11) is -7.21. The molecule has 1 aromatic carbocycles. The summed E-state index contributed by atoms with van der Waals surface area (Å²) in [5.74, 6) is 0. The Labute approximate surface area is 126 Å². The largest absolute Gasteiger partial charge is 0.398 e. The van der Waals surface area contributed by atoms with Crippen molar-refractivity contribution in [3.05, 3.63) is 23.3 Å². The average Bonchev–Trinajstić information content (AvgIpc) is 2.30. The number of nitrogens with two attached hydrogens (primary N) is 1. The third kappa shape index (κ3) is 3.96. The normalized spacial score (nSPS) is 13.4. The van der Waals surface area contributed by atoms with E-state index in [0.29, 0.717) is 11.3 Å². The van der Waals surface area contributed by atoms with Crippen molar-refractivity contribution in [1.29, 1.82) is 0 Å². The molecule has 0 unspecified atom stereocenters. The second-order valence-corrected chi connectivity index (χ2v) is 10.2. The Hall–Kier alpha value is -1.12. The lowest BCUT2D eigenvalue weighted by Gasteiger charge is -2.23. The molecule has 0 saturated heterocycles. The number of hydrogen-bond donors (Lipinski definition) is 2. The van der Waals surface area contributed by atoms with E-state index >= 15 is 0 Å². The van der Waals surface area contributed by atoms with Gasteiger partial charge in [0.25, 0.3) is 0 Å². The van der Waals surface area contributed by atoms with E-state index in [1.807, 2.05) is 0 Å². The minimum atomic E-state index is -3.82. The van der Waals surface area contributed by atoms with Crippen molar-refractivity contribution in [3.8, 4) is 0 Å². The van der Waals surface area contributed by atoms with Gasteiger partial charge in [-0.2, -0.15) is 0 Å². The number of sulfonamides is 1. The zero-order valence-corrected chi connectivity index (χ0v) is 14.5.